The Labute approximate surface area is 266 Å². The van der Waals surface area contributed by atoms with Crippen LogP contribution in [0.15, 0.2) is 91.0 Å². The van der Waals surface area contributed by atoms with Gasteiger partial charge in [0.25, 0.3) is 10.1 Å². The van der Waals surface area contributed by atoms with Crippen LogP contribution in [-0.4, -0.2) is 50.8 Å². The van der Waals surface area contributed by atoms with Crippen molar-refractivity contribution in [2.45, 2.75) is 51.8 Å². The quantitative estimate of drug-likeness (QED) is 0.224. The SMILES string of the molecule is C.CC1(c2ccccc2)CCOS(=O)(=O)C1.NS(=O)(=O)OCCCc1ccccc1.[2H]C([2H])(CCOS(N)(=O)=O)c1ccccc1. The van der Waals surface area contributed by atoms with Crippen LogP contribution < -0.4 is 10.3 Å². The maximum atomic E-state index is 11.4. The molecule has 11 nitrogen and oxygen atoms in total. The highest BCUT2D eigenvalue weighted by Crippen LogP contribution is 2.33. The minimum absolute atomic E-state index is 0. The van der Waals surface area contributed by atoms with Crippen LogP contribution >= 0.6 is 0 Å². The minimum atomic E-state index is -4.00. The fraction of sp³-hybridized carbons (Fsp3) is 0.400. The Morgan fingerprint density at radius 3 is 1.73 bits per heavy atom. The highest BCUT2D eigenvalue weighted by molar-refractivity contribution is 7.86. The third-order valence-electron chi connectivity index (χ3n) is 6.04. The highest BCUT2D eigenvalue weighted by atomic mass is 32.2. The lowest BCUT2D eigenvalue weighted by molar-refractivity contribution is 0.243. The van der Waals surface area contributed by atoms with Gasteiger partial charge in [0.2, 0.25) is 0 Å². The van der Waals surface area contributed by atoms with Gasteiger partial charge in [-0.2, -0.15) is 25.3 Å². The van der Waals surface area contributed by atoms with Crippen molar-refractivity contribution in [2.75, 3.05) is 25.6 Å². The predicted octanol–water partition coefficient (Wildman–Crippen LogP) is 4.01. The van der Waals surface area contributed by atoms with Crippen LogP contribution in [0.25, 0.3) is 0 Å². The van der Waals surface area contributed by atoms with Gasteiger partial charge in [0.15, 0.2) is 0 Å². The van der Waals surface area contributed by atoms with Gasteiger partial charge in [0, 0.05) is 8.16 Å². The molecule has 0 spiro atoms. The number of hydrogen-bond acceptors (Lipinski definition) is 9. The first-order valence-corrected chi connectivity index (χ1v) is 17.8. The molecule has 1 heterocycles. The molecule has 1 aliphatic rings. The Morgan fingerprint density at radius 2 is 1.25 bits per heavy atom. The molecule has 246 valence electrons. The van der Waals surface area contributed by atoms with Crippen molar-refractivity contribution in [1.29, 1.82) is 0 Å². The highest BCUT2D eigenvalue weighted by Gasteiger charge is 2.37. The van der Waals surface area contributed by atoms with E-state index in [9.17, 15) is 25.3 Å². The van der Waals surface area contributed by atoms with Crippen LogP contribution in [0.1, 0.15) is 53.0 Å². The molecule has 1 fully saturated rings. The summed E-state index contributed by atoms with van der Waals surface area (Å²) in [6.07, 6.45) is 0.465. The molecule has 0 saturated carbocycles. The average Bonchev–Trinajstić information content (AvgIpc) is 2.96. The molecule has 0 aromatic heterocycles. The fourth-order valence-electron chi connectivity index (χ4n) is 3.97. The van der Waals surface area contributed by atoms with Crippen molar-refractivity contribution < 1.29 is 40.5 Å². The Morgan fingerprint density at radius 1 is 0.795 bits per heavy atom. The minimum Gasteiger partial charge on any atom is -0.270 e. The van der Waals surface area contributed by atoms with Gasteiger partial charge in [0.1, 0.15) is 0 Å². The summed E-state index contributed by atoms with van der Waals surface area (Å²) in [6, 6.07) is 28.0. The van der Waals surface area contributed by atoms with Crippen molar-refractivity contribution in [3.63, 3.8) is 0 Å². The number of hydrogen-bond donors (Lipinski definition) is 2. The second kappa shape index (κ2) is 19.0. The zero-order valence-electron chi connectivity index (χ0n) is 25.9. The van der Waals surface area contributed by atoms with Crippen LogP contribution in [0, 0.1) is 0 Å². The van der Waals surface area contributed by atoms with E-state index in [2.05, 4.69) is 18.6 Å². The Hall–Kier alpha value is -2.69. The van der Waals surface area contributed by atoms with Crippen molar-refractivity contribution in [3.05, 3.63) is 108 Å². The monoisotopic (exact) mass is 674 g/mol. The molecule has 0 bridgehead atoms. The Kier molecular flexibility index (Phi) is 15.4. The average molecular weight is 675 g/mol. The van der Waals surface area contributed by atoms with Crippen LogP contribution in [0.5, 0.6) is 0 Å². The lowest BCUT2D eigenvalue weighted by Crippen LogP contribution is -2.38. The van der Waals surface area contributed by atoms with E-state index in [0.717, 1.165) is 24.0 Å². The largest absolute Gasteiger partial charge is 0.333 e. The first-order chi connectivity index (χ1) is 20.9. The normalized spacial score (nSPS) is 18.5. The van der Waals surface area contributed by atoms with Crippen LogP contribution in [0.2, 0.25) is 0 Å². The van der Waals surface area contributed by atoms with E-state index in [1.54, 1.807) is 30.3 Å². The second-order valence-electron chi connectivity index (χ2n) is 9.71. The van der Waals surface area contributed by atoms with Crippen molar-refractivity contribution in [1.82, 2.24) is 0 Å². The van der Waals surface area contributed by atoms with Crippen LogP contribution in [0.3, 0.4) is 0 Å². The lowest BCUT2D eigenvalue weighted by Gasteiger charge is -2.33. The summed E-state index contributed by atoms with van der Waals surface area (Å²) in [6.45, 7) is 2.12. The van der Waals surface area contributed by atoms with E-state index in [4.69, 9.17) is 6.92 Å². The maximum Gasteiger partial charge on any atom is 0.333 e. The van der Waals surface area contributed by atoms with Gasteiger partial charge < -0.3 is 0 Å². The zero-order valence-corrected chi connectivity index (χ0v) is 26.3. The van der Waals surface area contributed by atoms with E-state index < -0.39 is 37.1 Å². The summed E-state index contributed by atoms with van der Waals surface area (Å²) in [5.41, 5.74) is 2.40. The zero-order chi connectivity index (χ0) is 33.6. The van der Waals surface area contributed by atoms with Crippen molar-refractivity contribution in [2.24, 2.45) is 10.3 Å². The van der Waals surface area contributed by atoms with E-state index >= 15 is 0 Å². The summed E-state index contributed by atoms with van der Waals surface area (Å²) in [5, 5.41) is 9.30. The Balaban J connectivity index is 0.000000342. The molecule has 1 saturated heterocycles. The molecule has 0 radical (unpaired) electrons. The van der Waals surface area contributed by atoms with Gasteiger partial charge in [-0.05, 0) is 48.7 Å². The topological polar surface area (TPSA) is 182 Å². The smallest absolute Gasteiger partial charge is 0.270 e. The standard InChI is InChI=1S/C11H14O3S.2C9H13NO3S.CH4/c1-11(10-5-3-2-4-6-10)7-8-14-15(12,13)9-11;2*10-14(11,12)13-8-4-7-9-5-2-1-3-6-9;/h2-6H,7-9H2,1H3;2*1-3,5-6H,4,7-8H2,(H2,10,11,12);1H4/i;7D2;;. The predicted molar refractivity (Wildman–Crippen MR) is 173 cm³/mol. The van der Waals surface area contributed by atoms with E-state index in [0.29, 0.717) is 12.0 Å². The molecule has 3 aromatic rings. The summed E-state index contributed by atoms with van der Waals surface area (Å²) in [7, 11) is -11.1. The van der Waals surface area contributed by atoms with Gasteiger partial charge in [-0.3, -0.25) is 12.5 Å². The second-order valence-corrected chi connectivity index (χ2v) is 13.8. The summed E-state index contributed by atoms with van der Waals surface area (Å²) in [4.78, 5) is 0. The van der Waals surface area contributed by atoms with E-state index in [-0.39, 0.29) is 44.8 Å². The molecular formula is C30H44N2O9S3. The van der Waals surface area contributed by atoms with Gasteiger partial charge in [-0.15, -0.1) is 0 Å². The molecule has 4 N–H and O–H groups in total. The molecule has 4 rings (SSSR count). The number of benzene rings is 3. The molecule has 0 aliphatic carbocycles. The van der Waals surface area contributed by atoms with Crippen molar-refractivity contribution >= 4 is 30.7 Å². The maximum absolute atomic E-state index is 11.4. The van der Waals surface area contributed by atoms with E-state index in [1.165, 1.54) is 0 Å². The van der Waals surface area contributed by atoms with Gasteiger partial charge >= 0.3 is 20.6 Å². The molecule has 1 aliphatic heterocycles. The van der Waals surface area contributed by atoms with Crippen LogP contribution in [-0.2, 0) is 61.5 Å². The fourth-order valence-corrected chi connectivity index (χ4v) is 6.15. The van der Waals surface area contributed by atoms with Crippen LogP contribution in [0.4, 0.5) is 0 Å². The molecule has 3 aromatic carbocycles. The first kappa shape index (κ1) is 35.8. The first-order valence-electron chi connectivity index (χ1n) is 14.3. The molecule has 1 unspecified atom stereocenters. The summed E-state index contributed by atoms with van der Waals surface area (Å²) < 4.78 is 93.5. The third kappa shape index (κ3) is 17.6. The number of nitrogens with two attached hydrogens (primary N) is 2. The van der Waals surface area contributed by atoms with Crippen molar-refractivity contribution in [3.8, 4) is 0 Å². The molecule has 14 heteroatoms. The molecule has 44 heavy (non-hydrogen) atoms. The molecule has 0 amide bonds. The lowest BCUT2D eigenvalue weighted by atomic mass is 9.81. The number of aryl methyl sites for hydroxylation is 2. The molecular weight excluding hydrogens is 629 g/mol. The summed E-state index contributed by atoms with van der Waals surface area (Å²) in [5.74, 6) is 0.0734. The van der Waals surface area contributed by atoms with E-state index in [1.807, 2.05) is 67.6 Å². The van der Waals surface area contributed by atoms with Gasteiger partial charge in [-0.25, -0.2) is 10.3 Å². The molecule has 1 atom stereocenters. The summed E-state index contributed by atoms with van der Waals surface area (Å²) >= 11 is 0. The Bertz CT molecular complexity index is 1630. The van der Waals surface area contributed by atoms with Gasteiger partial charge in [0.05, 0.1) is 25.6 Å². The van der Waals surface area contributed by atoms with Gasteiger partial charge in [-0.1, -0.05) is 105 Å². The third-order valence-corrected chi connectivity index (χ3v) is 8.54. The number of rotatable bonds is 11.